The van der Waals surface area contributed by atoms with E-state index in [1.807, 2.05) is 12.3 Å². The molecule has 6 nitrogen and oxygen atoms in total. The standard InChI is InChI=1S/C22H21FN6/c23-19-6-2-1-5-17(19)22-18-9-20(26-12-21(18)27-28-22)14-8-16(11-25-10-14)29-7-3-4-15(24)13-29/h1-2,5-6,8-12,15H,3-4,7,13,24H2,(H,27,28). The van der Waals surface area contributed by atoms with E-state index >= 15 is 0 Å². The average molecular weight is 388 g/mol. The van der Waals surface area contributed by atoms with Gasteiger partial charge in [0.2, 0.25) is 0 Å². The summed E-state index contributed by atoms with van der Waals surface area (Å²) in [5.41, 5.74) is 10.7. The summed E-state index contributed by atoms with van der Waals surface area (Å²) in [7, 11) is 0. The summed E-state index contributed by atoms with van der Waals surface area (Å²) in [6.45, 7) is 1.81. The van der Waals surface area contributed by atoms with Crippen molar-refractivity contribution < 1.29 is 4.39 Å². The lowest BCUT2D eigenvalue weighted by Gasteiger charge is -2.32. The Hall–Kier alpha value is -3.32. The highest BCUT2D eigenvalue weighted by molar-refractivity contribution is 5.94. The summed E-state index contributed by atoms with van der Waals surface area (Å²) < 4.78 is 14.3. The Morgan fingerprint density at radius 3 is 2.90 bits per heavy atom. The first-order chi connectivity index (χ1) is 14.2. The van der Waals surface area contributed by atoms with Crippen molar-refractivity contribution in [3.8, 4) is 22.5 Å². The highest BCUT2D eigenvalue weighted by atomic mass is 19.1. The number of anilines is 1. The Labute approximate surface area is 167 Å². The first-order valence-electron chi connectivity index (χ1n) is 9.74. The van der Waals surface area contributed by atoms with Gasteiger partial charge in [-0.15, -0.1) is 0 Å². The maximum Gasteiger partial charge on any atom is 0.132 e. The molecular formula is C22H21FN6. The van der Waals surface area contributed by atoms with E-state index in [2.05, 4.69) is 31.1 Å². The molecule has 5 rings (SSSR count). The molecule has 0 aliphatic carbocycles. The smallest absolute Gasteiger partial charge is 0.132 e. The minimum Gasteiger partial charge on any atom is -0.369 e. The molecule has 0 bridgehead atoms. The average Bonchev–Trinajstić information content (AvgIpc) is 3.17. The van der Waals surface area contributed by atoms with E-state index in [0.717, 1.165) is 53.8 Å². The zero-order valence-electron chi connectivity index (χ0n) is 15.8. The van der Waals surface area contributed by atoms with E-state index in [9.17, 15) is 4.39 Å². The van der Waals surface area contributed by atoms with Crippen LogP contribution in [0, 0.1) is 5.82 Å². The number of halogens is 1. The monoisotopic (exact) mass is 388 g/mol. The number of fused-ring (bicyclic) bond motifs is 1. The molecule has 146 valence electrons. The lowest BCUT2D eigenvalue weighted by molar-refractivity contribution is 0.506. The normalized spacial score (nSPS) is 17.0. The number of nitrogens with one attached hydrogen (secondary N) is 1. The Kier molecular flexibility index (Phi) is 4.44. The fourth-order valence-corrected chi connectivity index (χ4v) is 3.92. The van der Waals surface area contributed by atoms with Crippen molar-refractivity contribution in [1.82, 2.24) is 20.2 Å². The summed E-state index contributed by atoms with van der Waals surface area (Å²) in [6, 6.07) is 10.9. The zero-order chi connectivity index (χ0) is 19.8. The molecule has 0 saturated carbocycles. The van der Waals surface area contributed by atoms with E-state index in [4.69, 9.17) is 5.73 Å². The molecule has 1 aliphatic heterocycles. The van der Waals surface area contributed by atoms with Gasteiger partial charge in [0.15, 0.2) is 0 Å². The molecular weight excluding hydrogens is 367 g/mol. The van der Waals surface area contributed by atoms with Crippen LogP contribution in [0.5, 0.6) is 0 Å². The maximum atomic E-state index is 14.3. The fourth-order valence-electron chi connectivity index (χ4n) is 3.92. The van der Waals surface area contributed by atoms with Crippen molar-refractivity contribution in [1.29, 1.82) is 0 Å². The van der Waals surface area contributed by atoms with E-state index < -0.39 is 0 Å². The van der Waals surface area contributed by atoms with Crippen LogP contribution in [0.2, 0.25) is 0 Å². The third kappa shape index (κ3) is 3.34. The first kappa shape index (κ1) is 17.8. The number of benzene rings is 1. The number of hydrogen-bond acceptors (Lipinski definition) is 5. The Balaban J connectivity index is 1.55. The fraction of sp³-hybridized carbons (Fsp3) is 0.227. The molecule has 4 aromatic rings. The molecule has 1 unspecified atom stereocenters. The van der Waals surface area contributed by atoms with Crippen molar-refractivity contribution in [2.45, 2.75) is 18.9 Å². The number of aromatic amines is 1. The van der Waals surface area contributed by atoms with Crippen molar-refractivity contribution in [2.24, 2.45) is 5.73 Å². The van der Waals surface area contributed by atoms with Crippen LogP contribution in [-0.2, 0) is 0 Å². The summed E-state index contributed by atoms with van der Waals surface area (Å²) in [5.74, 6) is -0.302. The van der Waals surface area contributed by atoms with Crippen LogP contribution >= 0.6 is 0 Å². The van der Waals surface area contributed by atoms with Gasteiger partial charge in [0.1, 0.15) is 11.5 Å². The zero-order valence-corrected chi connectivity index (χ0v) is 15.8. The lowest BCUT2D eigenvalue weighted by atomic mass is 10.0. The molecule has 0 radical (unpaired) electrons. The summed E-state index contributed by atoms with van der Waals surface area (Å²) in [4.78, 5) is 11.2. The van der Waals surface area contributed by atoms with Gasteiger partial charge in [-0.25, -0.2) is 4.39 Å². The second kappa shape index (κ2) is 7.25. The second-order valence-corrected chi connectivity index (χ2v) is 7.45. The van der Waals surface area contributed by atoms with E-state index in [1.54, 1.807) is 30.6 Å². The van der Waals surface area contributed by atoms with Gasteiger partial charge in [-0.3, -0.25) is 15.1 Å². The molecule has 0 spiro atoms. The van der Waals surface area contributed by atoms with Crippen LogP contribution in [0.4, 0.5) is 10.1 Å². The second-order valence-electron chi connectivity index (χ2n) is 7.45. The van der Waals surface area contributed by atoms with E-state index in [-0.39, 0.29) is 11.9 Å². The minimum absolute atomic E-state index is 0.191. The van der Waals surface area contributed by atoms with Gasteiger partial charge in [-0.1, -0.05) is 12.1 Å². The maximum absolute atomic E-state index is 14.3. The Bertz CT molecular complexity index is 1170. The Morgan fingerprint density at radius 1 is 1.14 bits per heavy atom. The number of pyridine rings is 2. The highest BCUT2D eigenvalue weighted by Gasteiger charge is 2.18. The molecule has 1 aromatic carbocycles. The van der Waals surface area contributed by atoms with Crippen LogP contribution in [0.25, 0.3) is 33.4 Å². The predicted molar refractivity (Wildman–Crippen MR) is 112 cm³/mol. The highest BCUT2D eigenvalue weighted by Crippen LogP contribution is 2.31. The van der Waals surface area contributed by atoms with Crippen molar-refractivity contribution >= 4 is 16.6 Å². The van der Waals surface area contributed by atoms with Crippen molar-refractivity contribution in [3.05, 3.63) is 60.8 Å². The van der Waals surface area contributed by atoms with Crippen LogP contribution in [0.15, 0.2) is 55.0 Å². The summed E-state index contributed by atoms with van der Waals surface area (Å²) in [6.07, 6.45) is 7.52. The third-order valence-electron chi connectivity index (χ3n) is 5.42. The molecule has 3 aromatic heterocycles. The molecule has 0 amide bonds. The van der Waals surface area contributed by atoms with Crippen LogP contribution in [0.1, 0.15) is 12.8 Å². The van der Waals surface area contributed by atoms with Gasteiger partial charge in [-0.05, 0) is 37.1 Å². The number of aromatic nitrogens is 4. The number of nitrogens with zero attached hydrogens (tertiary/aromatic N) is 4. The number of hydrogen-bond donors (Lipinski definition) is 2. The minimum atomic E-state index is -0.302. The van der Waals surface area contributed by atoms with Gasteiger partial charge in [0.25, 0.3) is 0 Å². The van der Waals surface area contributed by atoms with Crippen LogP contribution < -0.4 is 10.6 Å². The van der Waals surface area contributed by atoms with Gasteiger partial charge in [-0.2, -0.15) is 5.10 Å². The summed E-state index contributed by atoms with van der Waals surface area (Å²) >= 11 is 0. The largest absolute Gasteiger partial charge is 0.369 e. The molecule has 1 aliphatic rings. The predicted octanol–water partition coefficient (Wildman–Crippen LogP) is 3.75. The topological polar surface area (TPSA) is 83.7 Å². The molecule has 3 N–H and O–H groups in total. The van der Waals surface area contributed by atoms with Crippen molar-refractivity contribution in [2.75, 3.05) is 18.0 Å². The number of H-pyrrole nitrogens is 1. The molecule has 1 saturated heterocycles. The first-order valence-corrected chi connectivity index (χ1v) is 9.74. The van der Waals surface area contributed by atoms with Crippen molar-refractivity contribution in [3.63, 3.8) is 0 Å². The van der Waals surface area contributed by atoms with Crippen LogP contribution in [-0.4, -0.2) is 39.3 Å². The van der Waals surface area contributed by atoms with Crippen LogP contribution in [0.3, 0.4) is 0 Å². The number of rotatable bonds is 3. The lowest BCUT2D eigenvalue weighted by Crippen LogP contribution is -2.42. The third-order valence-corrected chi connectivity index (χ3v) is 5.42. The molecule has 7 heteroatoms. The molecule has 4 heterocycles. The van der Waals surface area contributed by atoms with Gasteiger partial charge in [0, 0.05) is 41.8 Å². The molecule has 29 heavy (non-hydrogen) atoms. The Morgan fingerprint density at radius 2 is 2.03 bits per heavy atom. The van der Waals surface area contributed by atoms with E-state index in [0.29, 0.717) is 11.3 Å². The number of piperidine rings is 1. The van der Waals surface area contributed by atoms with E-state index in [1.165, 1.54) is 6.07 Å². The molecule has 1 atom stereocenters. The quantitative estimate of drug-likeness (QED) is 0.558. The number of nitrogens with two attached hydrogens (primary N) is 1. The molecule has 1 fully saturated rings. The summed E-state index contributed by atoms with van der Waals surface area (Å²) in [5, 5.41) is 8.09. The van der Waals surface area contributed by atoms with Gasteiger partial charge in [0.05, 0.1) is 29.3 Å². The SMILES string of the molecule is NC1CCCN(c2cncc(-c3cc4c(-c5ccccc5F)n[nH]c4cn3)c2)C1. The van der Waals surface area contributed by atoms with Gasteiger partial charge >= 0.3 is 0 Å². The van der Waals surface area contributed by atoms with Gasteiger partial charge < -0.3 is 10.6 Å².